The van der Waals surface area contributed by atoms with E-state index in [9.17, 15) is 18.0 Å². The third-order valence-corrected chi connectivity index (χ3v) is 5.86. The van der Waals surface area contributed by atoms with Gasteiger partial charge in [0.1, 0.15) is 0 Å². The van der Waals surface area contributed by atoms with Gasteiger partial charge in [-0.2, -0.15) is 13.2 Å². The summed E-state index contributed by atoms with van der Waals surface area (Å²) in [5, 5.41) is 7.51. The second-order valence-electron chi connectivity index (χ2n) is 8.03. The third-order valence-electron chi connectivity index (χ3n) is 5.86. The topological polar surface area (TPSA) is 54.0 Å². The van der Waals surface area contributed by atoms with Gasteiger partial charge in [0.05, 0.1) is 11.1 Å². The van der Waals surface area contributed by atoms with Gasteiger partial charge in [0, 0.05) is 35.4 Å². The number of aromatic nitrogens is 1. The fourth-order valence-corrected chi connectivity index (χ4v) is 4.13. The number of halogens is 3. The van der Waals surface area contributed by atoms with Crippen LogP contribution in [0, 0.1) is 5.92 Å². The van der Waals surface area contributed by atoms with Crippen LogP contribution < -0.4 is 10.6 Å². The fraction of sp³-hybridized carbons (Fsp3) is 0.333. The highest BCUT2D eigenvalue weighted by Crippen LogP contribution is 2.30. The molecule has 1 heterocycles. The zero-order valence-electron chi connectivity index (χ0n) is 17.0. The first kappa shape index (κ1) is 21.2. The van der Waals surface area contributed by atoms with Gasteiger partial charge in [-0.15, -0.1) is 0 Å². The lowest BCUT2D eigenvalue weighted by molar-refractivity contribution is -0.137. The van der Waals surface area contributed by atoms with Crippen LogP contribution >= 0.6 is 0 Å². The highest BCUT2D eigenvalue weighted by Gasteiger charge is 2.31. The largest absolute Gasteiger partial charge is 0.416 e. The number of pyridine rings is 1. The number of fused-ring (bicyclic) bond motifs is 1. The van der Waals surface area contributed by atoms with Crippen molar-refractivity contribution in [2.24, 2.45) is 5.92 Å². The van der Waals surface area contributed by atoms with E-state index >= 15 is 0 Å². The Balaban J connectivity index is 1.28. The summed E-state index contributed by atoms with van der Waals surface area (Å²) in [6, 6.07) is 14.5. The molecule has 1 aliphatic rings. The van der Waals surface area contributed by atoms with E-state index in [2.05, 4.69) is 15.6 Å². The molecule has 1 aromatic heterocycles. The summed E-state index contributed by atoms with van der Waals surface area (Å²) < 4.78 is 38.6. The molecule has 4 nitrogen and oxygen atoms in total. The molecule has 2 aromatic carbocycles. The summed E-state index contributed by atoms with van der Waals surface area (Å²) in [6.07, 6.45) is 0.845. The second-order valence-corrected chi connectivity index (χ2v) is 8.03. The summed E-state index contributed by atoms with van der Waals surface area (Å²) in [7, 11) is 0. The van der Waals surface area contributed by atoms with Gasteiger partial charge < -0.3 is 10.6 Å². The van der Waals surface area contributed by atoms with Gasteiger partial charge in [-0.25, -0.2) is 0 Å². The lowest BCUT2D eigenvalue weighted by Gasteiger charge is -2.29. The molecule has 0 radical (unpaired) electrons. The summed E-state index contributed by atoms with van der Waals surface area (Å²) in [5.41, 5.74) is 1.25. The summed E-state index contributed by atoms with van der Waals surface area (Å²) in [5.74, 6) is 0.0320. The average Bonchev–Trinajstić information content (AvgIpc) is 2.78. The van der Waals surface area contributed by atoms with Crippen molar-refractivity contribution in [1.82, 2.24) is 10.3 Å². The van der Waals surface area contributed by atoms with Crippen molar-refractivity contribution >= 4 is 22.5 Å². The normalized spacial score (nSPS) is 19.2. The first-order valence-electron chi connectivity index (χ1n) is 10.5. The molecule has 4 rings (SSSR count). The second kappa shape index (κ2) is 8.96. The smallest absolute Gasteiger partial charge is 0.384 e. The molecule has 1 aliphatic carbocycles. The van der Waals surface area contributed by atoms with Gasteiger partial charge in [0.25, 0.3) is 5.91 Å². The number of hydrogen-bond acceptors (Lipinski definition) is 3. The predicted molar refractivity (Wildman–Crippen MR) is 115 cm³/mol. The zero-order chi connectivity index (χ0) is 21.8. The predicted octanol–water partition coefficient (Wildman–Crippen LogP) is 5.65. The van der Waals surface area contributed by atoms with Gasteiger partial charge >= 0.3 is 6.18 Å². The van der Waals surface area contributed by atoms with Crippen LogP contribution in [0.2, 0.25) is 0 Å². The lowest BCUT2D eigenvalue weighted by atomic mass is 9.85. The number of nitrogens with zero attached hydrogens (tertiary/aromatic N) is 1. The third kappa shape index (κ3) is 5.16. The van der Waals surface area contributed by atoms with E-state index in [1.165, 1.54) is 12.1 Å². The first-order chi connectivity index (χ1) is 14.9. The van der Waals surface area contributed by atoms with Crippen LogP contribution in [-0.2, 0) is 6.18 Å². The molecule has 1 saturated carbocycles. The van der Waals surface area contributed by atoms with Crippen molar-refractivity contribution in [3.05, 3.63) is 71.9 Å². The molecule has 1 amide bonds. The summed E-state index contributed by atoms with van der Waals surface area (Å²) in [6.45, 7) is 0.836. The average molecular weight is 427 g/mol. The monoisotopic (exact) mass is 427 g/mol. The molecule has 3 aromatic rings. The molecule has 0 saturated heterocycles. The van der Waals surface area contributed by atoms with E-state index in [0.717, 1.165) is 61.0 Å². The molecule has 0 spiro atoms. The van der Waals surface area contributed by atoms with Crippen LogP contribution in [0.1, 0.15) is 41.6 Å². The Morgan fingerprint density at radius 2 is 1.77 bits per heavy atom. The molecule has 0 aliphatic heterocycles. The summed E-state index contributed by atoms with van der Waals surface area (Å²) in [4.78, 5) is 16.8. The fourth-order valence-electron chi connectivity index (χ4n) is 4.13. The number of carbonyl (C=O) groups excluding carboxylic acids is 1. The molecule has 7 heteroatoms. The zero-order valence-corrected chi connectivity index (χ0v) is 17.0. The molecule has 31 heavy (non-hydrogen) atoms. The quantitative estimate of drug-likeness (QED) is 0.553. The van der Waals surface area contributed by atoms with Gasteiger partial charge in [-0.1, -0.05) is 12.1 Å². The minimum atomic E-state index is -4.46. The number of hydrogen-bond donors (Lipinski definition) is 2. The molecular formula is C24H24F3N3O. The van der Waals surface area contributed by atoms with Crippen LogP contribution in [0.3, 0.4) is 0 Å². The maximum Gasteiger partial charge on any atom is 0.416 e. The van der Waals surface area contributed by atoms with Crippen molar-refractivity contribution in [2.45, 2.75) is 37.9 Å². The lowest BCUT2D eigenvalue weighted by Crippen LogP contribution is -2.38. The Hall–Kier alpha value is -3.09. The Labute approximate surface area is 178 Å². The molecule has 0 atom stereocenters. The molecule has 162 valence electrons. The number of amides is 1. The van der Waals surface area contributed by atoms with E-state index < -0.39 is 17.6 Å². The van der Waals surface area contributed by atoms with Gasteiger partial charge in [-0.3, -0.25) is 9.78 Å². The first-order valence-corrected chi connectivity index (χ1v) is 10.5. The van der Waals surface area contributed by atoms with Crippen molar-refractivity contribution in [3.8, 4) is 0 Å². The summed E-state index contributed by atoms with van der Waals surface area (Å²) >= 11 is 0. The minimum absolute atomic E-state index is 0.0138. The highest BCUT2D eigenvalue weighted by molar-refractivity contribution is 5.94. The van der Waals surface area contributed by atoms with Crippen molar-refractivity contribution in [2.75, 3.05) is 11.9 Å². The van der Waals surface area contributed by atoms with Gasteiger partial charge in [-0.05, 0) is 74.1 Å². The van der Waals surface area contributed by atoms with Crippen LogP contribution in [0.15, 0.2) is 60.8 Å². The maximum absolute atomic E-state index is 12.9. The number of alkyl halides is 3. The van der Waals surface area contributed by atoms with Crippen LogP contribution in [0.4, 0.5) is 18.9 Å². The number of anilines is 1. The van der Waals surface area contributed by atoms with Crippen LogP contribution in [0.25, 0.3) is 10.9 Å². The van der Waals surface area contributed by atoms with Crippen LogP contribution in [0.5, 0.6) is 0 Å². The Morgan fingerprint density at radius 1 is 1.00 bits per heavy atom. The molecule has 2 N–H and O–H groups in total. The van der Waals surface area contributed by atoms with Gasteiger partial charge in [0.2, 0.25) is 0 Å². The van der Waals surface area contributed by atoms with E-state index in [0.29, 0.717) is 5.92 Å². The molecule has 0 bridgehead atoms. The minimum Gasteiger partial charge on any atom is -0.384 e. The standard InChI is InChI=1S/C24H24F3N3O/c25-24(26,27)18-5-1-4-17(14-18)23(31)30-19-11-9-16(10-12-19)15-29-22-8-2-7-21-20(22)6-3-13-28-21/h1-8,13-14,16,19,29H,9-12,15H2,(H,30,31)/t16-,19-. The Kier molecular flexibility index (Phi) is 6.11. The van der Waals surface area contributed by atoms with E-state index in [1.807, 2.05) is 30.3 Å². The van der Waals surface area contributed by atoms with Crippen molar-refractivity contribution < 1.29 is 18.0 Å². The molecular weight excluding hydrogens is 403 g/mol. The van der Waals surface area contributed by atoms with Crippen molar-refractivity contribution in [1.29, 1.82) is 0 Å². The van der Waals surface area contributed by atoms with E-state index in [1.54, 1.807) is 6.20 Å². The SMILES string of the molecule is O=C(N[C@H]1CC[C@H](CNc2cccc3ncccc23)CC1)c1cccc(C(F)(F)F)c1. The number of benzene rings is 2. The Bertz CT molecular complexity index is 1050. The Morgan fingerprint density at radius 3 is 2.55 bits per heavy atom. The van der Waals surface area contributed by atoms with Gasteiger partial charge in [0.15, 0.2) is 0 Å². The molecule has 0 unspecified atom stereocenters. The van der Waals surface area contributed by atoms with E-state index in [4.69, 9.17) is 0 Å². The molecule has 1 fully saturated rings. The highest BCUT2D eigenvalue weighted by atomic mass is 19.4. The van der Waals surface area contributed by atoms with E-state index in [-0.39, 0.29) is 11.6 Å². The number of carbonyl (C=O) groups is 1. The van der Waals surface area contributed by atoms with Crippen LogP contribution in [-0.4, -0.2) is 23.5 Å². The number of rotatable bonds is 5. The van der Waals surface area contributed by atoms with Crippen molar-refractivity contribution in [3.63, 3.8) is 0 Å². The maximum atomic E-state index is 12.9. The number of nitrogens with one attached hydrogen (secondary N) is 2.